The summed E-state index contributed by atoms with van der Waals surface area (Å²) in [7, 11) is 1.63. The molecule has 2 N–H and O–H groups in total. The molecule has 2 heterocycles. The lowest BCUT2D eigenvalue weighted by molar-refractivity contribution is -0.129. The quantitative estimate of drug-likeness (QED) is 0.732. The number of hydrogen-bond donors (Lipinski definition) is 1. The van der Waals surface area contributed by atoms with Gasteiger partial charge in [0.05, 0.1) is 12.9 Å². The Labute approximate surface area is 162 Å². The lowest BCUT2D eigenvalue weighted by atomic mass is 9.96. The number of nitrogens with zero attached hydrogens (tertiary/aromatic N) is 3. The van der Waals surface area contributed by atoms with Crippen LogP contribution >= 0.6 is 11.8 Å². The molecule has 1 aromatic heterocycles. The Hall–Kier alpha value is -2.48. The summed E-state index contributed by atoms with van der Waals surface area (Å²) in [6.07, 6.45) is 5.15. The number of thioether (sulfide) groups is 1. The molecule has 1 fully saturated rings. The number of hydrogen-bond acceptors (Lipinski definition) is 5. The Balaban J connectivity index is 1.50. The van der Waals surface area contributed by atoms with Crippen LogP contribution < -0.4 is 10.5 Å². The summed E-state index contributed by atoms with van der Waals surface area (Å²) in [6.45, 7) is 1.54. The van der Waals surface area contributed by atoms with Crippen molar-refractivity contribution in [1.29, 1.82) is 0 Å². The molecule has 2 amide bonds. The number of rotatable bonds is 7. The highest BCUT2D eigenvalue weighted by Gasteiger charge is 2.26. The van der Waals surface area contributed by atoms with E-state index in [-0.39, 0.29) is 24.3 Å². The minimum Gasteiger partial charge on any atom is -0.497 e. The first kappa shape index (κ1) is 19.3. The second-order valence-corrected chi connectivity index (χ2v) is 7.55. The van der Waals surface area contributed by atoms with Crippen molar-refractivity contribution in [2.45, 2.75) is 30.2 Å². The number of carbonyl (C=O) groups is 2. The van der Waals surface area contributed by atoms with Gasteiger partial charge in [-0.3, -0.25) is 9.59 Å². The van der Waals surface area contributed by atoms with Crippen molar-refractivity contribution < 1.29 is 14.3 Å². The second kappa shape index (κ2) is 8.94. The van der Waals surface area contributed by atoms with E-state index in [1.807, 2.05) is 33.7 Å². The Bertz CT molecular complexity index is 800. The summed E-state index contributed by atoms with van der Waals surface area (Å²) >= 11 is 1.52. The number of amides is 2. The SMILES string of the molecule is COc1cccc(SCC(=O)N2CCC(c3nccn3CC(N)=O)CC2)c1. The Morgan fingerprint density at radius 2 is 2.11 bits per heavy atom. The number of imidazole rings is 1. The van der Waals surface area contributed by atoms with Crippen molar-refractivity contribution in [3.63, 3.8) is 0 Å². The Morgan fingerprint density at radius 1 is 1.33 bits per heavy atom. The summed E-state index contributed by atoms with van der Waals surface area (Å²) in [5.41, 5.74) is 5.29. The molecule has 7 nitrogen and oxygen atoms in total. The molecule has 0 spiro atoms. The van der Waals surface area contributed by atoms with Crippen LogP contribution in [0, 0.1) is 0 Å². The third kappa shape index (κ3) is 5.03. The smallest absolute Gasteiger partial charge is 0.237 e. The summed E-state index contributed by atoms with van der Waals surface area (Å²) in [4.78, 5) is 31.0. The van der Waals surface area contributed by atoms with Crippen molar-refractivity contribution in [3.8, 4) is 5.75 Å². The van der Waals surface area contributed by atoms with E-state index in [4.69, 9.17) is 10.5 Å². The number of piperidine rings is 1. The fourth-order valence-electron chi connectivity index (χ4n) is 3.30. The monoisotopic (exact) mass is 388 g/mol. The predicted molar refractivity (Wildman–Crippen MR) is 104 cm³/mol. The van der Waals surface area contributed by atoms with Crippen molar-refractivity contribution in [2.75, 3.05) is 26.0 Å². The molecule has 144 valence electrons. The first-order valence-electron chi connectivity index (χ1n) is 8.90. The van der Waals surface area contributed by atoms with Crippen LogP contribution in [0.15, 0.2) is 41.6 Å². The van der Waals surface area contributed by atoms with E-state index in [9.17, 15) is 9.59 Å². The zero-order chi connectivity index (χ0) is 19.2. The molecule has 0 radical (unpaired) electrons. The molecule has 1 aliphatic heterocycles. The van der Waals surface area contributed by atoms with Crippen LogP contribution in [0.2, 0.25) is 0 Å². The third-order valence-corrected chi connectivity index (χ3v) is 5.67. The molecular weight excluding hydrogens is 364 g/mol. The highest BCUT2D eigenvalue weighted by Crippen LogP contribution is 2.28. The van der Waals surface area contributed by atoms with E-state index in [1.54, 1.807) is 19.5 Å². The summed E-state index contributed by atoms with van der Waals surface area (Å²) in [5, 5.41) is 0. The molecule has 27 heavy (non-hydrogen) atoms. The standard InChI is InChI=1S/C19H24N4O3S/c1-26-15-3-2-4-16(11-15)27-13-18(25)22-8-5-14(6-9-22)19-21-7-10-23(19)12-17(20)24/h2-4,7,10-11,14H,5-6,8-9,12-13H2,1H3,(H2,20,24). The van der Waals surface area contributed by atoms with Gasteiger partial charge in [-0.2, -0.15) is 0 Å². The predicted octanol–water partition coefficient (Wildman–Crippen LogP) is 1.88. The van der Waals surface area contributed by atoms with Gasteiger partial charge in [0.15, 0.2) is 0 Å². The fraction of sp³-hybridized carbons (Fsp3) is 0.421. The maximum Gasteiger partial charge on any atom is 0.237 e. The van der Waals surface area contributed by atoms with Gasteiger partial charge in [0.1, 0.15) is 18.1 Å². The maximum atomic E-state index is 12.5. The zero-order valence-corrected chi connectivity index (χ0v) is 16.2. The normalized spacial score (nSPS) is 14.9. The van der Waals surface area contributed by atoms with E-state index < -0.39 is 0 Å². The third-order valence-electron chi connectivity index (χ3n) is 4.69. The molecule has 0 aliphatic carbocycles. The molecule has 0 unspecified atom stereocenters. The number of methoxy groups -OCH3 is 1. The van der Waals surface area contributed by atoms with Crippen LogP contribution in [0.3, 0.4) is 0 Å². The van der Waals surface area contributed by atoms with E-state index in [2.05, 4.69) is 4.98 Å². The van der Waals surface area contributed by atoms with Gasteiger partial charge in [-0.15, -0.1) is 11.8 Å². The molecule has 1 saturated heterocycles. The number of nitrogens with two attached hydrogens (primary N) is 1. The minimum absolute atomic E-state index is 0.141. The minimum atomic E-state index is -0.378. The number of primary amides is 1. The molecule has 8 heteroatoms. The maximum absolute atomic E-state index is 12.5. The highest BCUT2D eigenvalue weighted by atomic mass is 32.2. The summed E-state index contributed by atoms with van der Waals surface area (Å²) in [5.74, 6) is 2.09. The average Bonchev–Trinajstić information content (AvgIpc) is 3.13. The number of likely N-dealkylation sites (tertiary alicyclic amines) is 1. The number of ether oxygens (including phenoxy) is 1. The summed E-state index contributed by atoms with van der Waals surface area (Å²) in [6, 6.07) is 7.72. The second-order valence-electron chi connectivity index (χ2n) is 6.50. The van der Waals surface area contributed by atoms with E-state index in [0.717, 1.165) is 29.3 Å². The average molecular weight is 388 g/mol. The van der Waals surface area contributed by atoms with Crippen molar-refractivity contribution in [3.05, 3.63) is 42.5 Å². The van der Waals surface area contributed by atoms with E-state index in [0.29, 0.717) is 18.8 Å². The van der Waals surface area contributed by atoms with Crippen LogP contribution in [0.4, 0.5) is 0 Å². The van der Waals surface area contributed by atoms with E-state index >= 15 is 0 Å². The van der Waals surface area contributed by atoms with Gasteiger partial charge in [-0.05, 0) is 31.0 Å². The van der Waals surface area contributed by atoms with Crippen LogP contribution in [-0.2, 0) is 16.1 Å². The molecule has 1 aromatic carbocycles. The number of carbonyl (C=O) groups excluding carboxylic acids is 2. The van der Waals surface area contributed by atoms with Crippen molar-refractivity contribution in [1.82, 2.24) is 14.5 Å². The Morgan fingerprint density at radius 3 is 2.81 bits per heavy atom. The highest BCUT2D eigenvalue weighted by molar-refractivity contribution is 8.00. The molecular formula is C19H24N4O3S. The number of aromatic nitrogens is 2. The molecule has 1 aliphatic rings. The first-order valence-corrected chi connectivity index (χ1v) is 9.89. The Kier molecular flexibility index (Phi) is 6.39. The van der Waals surface area contributed by atoms with Crippen LogP contribution in [0.25, 0.3) is 0 Å². The van der Waals surface area contributed by atoms with Crippen LogP contribution in [0.1, 0.15) is 24.6 Å². The van der Waals surface area contributed by atoms with Gasteiger partial charge in [-0.25, -0.2) is 4.98 Å². The topological polar surface area (TPSA) is 90.4 Å². The lowest BCUT2D eigenvalue weighted by Gasteiger charge is -2.32. The molecule has 0 bridgehead atoms. The van der Waals surface area contributed by atoms with Gasteiger partial charge in [-0.1, -0.05) is 6.07 Å². The summed E-state index contributed by atoms with van der Waals surface area (Å²) < 4.78 is 7.02. The number of benzene rings is 1. The van der Waals surface area contributed by atoms with Gasteiger partial charge >= 0.3 is 0 Å². The van der Waals surface area contributed by atoms with Crippen molar-refractivity contribution in [2.24, 2.45) is 5.73 Å². The zero-order valence-electron chi connectivity index (χ0n) is 15.3. The van der Waals surface area contributed by atoms with Gasteiger partial charge in [0.25, 0.3) is 0 Å². The first-order chi connectivity index (χ1) is 13.1. The van der Waals surface area contributed by atoms with Gasteiger partial charge in [0.2, 0.25) is 11.8 Å². The van der Waals surface area contributed by atoms with Crippen molar-refractivity contribution >= 4 is 23.6 Å². The van der Waals surface area contributed by atoms with Crippen LogP contribution in [0.5, 0.6) is 5.75 Å². The van der Waals surface area contributed by atoms with Gasteiger partial charge < -0.3 is 19.9 Å². The van der Waals surface area contributed by atoms with Crippen LogP contribution in [-0.4, -0.2) is 52.2 Å². The molecule has 0 saturated carbocycles. The lowest BCUT2D eigenvalue weighted by Crippen LogP contribution is -2.39. The molecule has 2 aromatic rings. The molecule has 3 rings (SSSR count). The molecule has 0 atom stereocenters. The van der Waals surface area contributed by atoms with E-state index in [1.165, 1.54) is 11.8 Å². The fourth-order valence-corrected chi connectivity index (χ4v) is 4.14. The largest absolute Gasteiger partial charge is 0.497 e. The van der Waals surface area contributed by atoms with Gasteiger partial charge in [0, 0.05) is 36.3 Å².